The molecule has 1 aliphatic rings. The van der Waals surface area contributed by atoms with E-state index in [-0.39, 0.29) is 5.92 Å². The Morgan fingerprint density at radius 3 is 2.68 bits per heavy atom. The number of aliphatic carboxylic acids is 1. The molecule has 100 valence electrons. The standard InChI is InChI=1S/C14H15FN2O2/c15-13-6-10(8-16)5-11(7-13)9-17-3-1-12(2-4-17)14(18)19/h5-7,12H,1-4,9H2,(H,18,19). The highest BCUT2D eigenvalue weighted by Gasteiger charge is 2.24. The van der Waals surface area contributed by atoms with E-state index in [1.165, 1.54) is 12.1 Å². The van der Waals surface area contributed by atoms with Crippen LogP contribution in [0.3, 0.4) is 0 Å². The lowest BCUT2D eigenvalue weighted by Gasteiger charge is -2.30. The first-order valence-electron chi connectivity index (χ1n) is 6.23. The number of halogens is 1. The van der Waals surface area contributed by atoms with E-state index in [0.29, 0.717) is 38.0 Å². The van der Waals surface area contributed by atoms with Crippen LogP contribution >= 0.6 is 0 Å². The van der Waals surface area contributed by atoms with Gasteiger partial charge in [-0.2, -0.15) is 5.26 Å². The van der Waals surface area contributed by atoms with Gasteiger partial charge in [0, 0.05) is 6.54 Å². The summed E-state index contributed by atoms with van der Waals surface area (Å²) in [5.41, 5.74) is 1.07. The third kappa shape index (κ3) is 3.52. The van der Waals surface area contributed by atoms with Crippen molar-refractivity contribution < 1.29 is 14.3 Å². The Bertz CT molecular complexity index is 517. The van der Waals surface area contributed by atoms with Crippen molar-refractivity contribution in [1.82, 2.24) is 4.90 Å². The lowest BCUT2D eigenvalue weighted by molar-refractivity contribution is -0.143. The molecule has 4 nitrogen and oxygen atoms in total. The van der Waals surface area contributed by atoms with Crippen LogP contribution in [-0.4, -0.2) is 29.1 Å². The molecule has 0 spiro atoms. The molecule has 2 rings (SSSR count). The summed E-state index contributed by atoms with van der Waals surface area (Å²) in [5.74, 6) is -1.41. The van der Waals surface area contributed by atoms with Gasteiger partial charge in [0.15, 0.2) is 0 Å². The molecule has 5 heteroatoms. The van der Waals surface area contributed by atoms with Crippen LogP contribution < -0.4 is 0 Å². The molecule has 19 heavy (non-hydrogen) atoms. The number of carboxylic acids is 1. The third-order valence-corrected chi connectivity index (χ3v) is 3.43. The van der Waals surface area contributed by atoms with Gasteiger partial charge in [-0.3, -0.25) is 9.69 Å². The minimum atomic E-state index is -0.739. The quantitative estimate of drug-likeness (QED) is 0.904. The Hall–Kier alpha value is -1.93. The number of carbonyl (C=O) groups is 1. The van der Waals surface area contributed by atoms with Crippen LogP contribution in [0, 0.1) is 23.1 Å². The molecule has 0 aromatic heterocycles. The molecule has 1 aromatic carbocycles. The maximum absolute atomic E-state index is 13.3. The van der Waals surface area contributed by atoms with Gasteiger partial charge in [0.25, 0.3) is 0 Å². The summed E-state index contributed by atoms with van der Waals surface area (Å²) in [5, 5.41) is 17.7. The van der Waals surface area contributed by atoms with Crippen molar-refractivity contribution in [3.63, 3.8) is 0 Å². The zero-order valence-corrected chi connectivity index (χ0v) is 10.5. The number of piperidine rings is 1. The number of nitriles is 1. The topological polar surface area (TPSA) is 64.3 Å². The lowest BCUT2D eigenvalue weighted by Crippen LogP contribution is -2.35. The normalized spacial score (nSPS) is 17.1. The maximum atomic E-state index is 13.3. The van der Waals surface area contributed by atoms with Crippen molar-refractivity contribution in [2.75, 3.05) is 13.1 Å². The maximum Gasteiger partial charge on any atom is 0.306 e. The Morgan fingerprint density at radius 2 is 2.11 bits per heavy atom. The molecule has 0 bridgehead atoms. The predicted molar refractivity (Wildman–Crippen MR) is 66.8 cm³/mol. The predicted octanol–water partition coefficient (Wildman–Crippen LogP) is 1.99. The molecule has 1 N–H and O–H groups in total. The van der Waals surface area contributed by atoms with Crippen molar-refractivity contribution in [1.29, 1.82) is 5.26 Å². The van der Waals surface area contributed by atoms with Gasteiger partial charge in [-0.15, -0.1) is 0 Å². The van der Waals surface area contributed by atoms with Crippen molar-refractivity contribution in [2.24, 2.45) is 5.92 Å². The summed E-state index contributed by atoms with van der Waals surface area (Å²) < 4.78 is 13.3. The fraction of sp³-hybridized carbons (Fsp3) is 0.429. The van der Waals surface area contributed by atoms with Gasteiger partial charge < -0.3 is 5.11 Å². The number of nitrogens with zero attached hydrogens (tertiary/aromatic N) is 2. The van der Waals surface area contributed by atoms with Gasteiger partial charge in [0.2, 0.25) is 0 Å². The molecule has 1 aromatic rings. The van der Waals surface area contributed by atoms with Crippen molar-refractivity contribution >= 4 is 5.97 Å². The molecular weight excluding hydrogens is 247 g/mol. The molecule has 0 aliphatic carbocycles. The van der Waals surface area contributed by atoms with E-state index < -0.39 is 11.8 Å². The molecule has 0 atom stereocenters. The van der Waals surface area contributed by atoms with E-state index in [9.17, 15) is 9.18 Å². The van der Waals surface area contributed by atoms with E-state index in [0.717, 1.165) is 5.56 Å². The molecule has 0 unspecified atom stereocenters. The molecule has 0 amide bonds. The molecule has 0 saturated carbocycles. The molecule has 1 aliphatic heterocycles. The highest BCUT2D eigenvalue weighted by molar-refractivity contribution is 5.70. The first kappa shape index (κ1) is 13.5. The Morgan fingerprint density at radius 1 is 1.42 bits per heavy atom. The average Bonchev–Trinajstić information content (AvgIpc) is 2.38. The van der Waals surface area contributed by atoms with Crippen LogP contribution in [0.15, 0.2) is 18.2 Å². The first-order valence-corrected chi connectivity index (χ1v) is 6.23. The van der Waals surface area contributed by atoms with Gasteiger partial charge in [-0.05, 0) is 49.7 Å². The Balaban J connectivity index is 1.98. The largest absolute Gasteiger partial charge is 0.481 e. The van der Waals surface area contributed by atoms with E-state index in [4.69, 9.17) is 10.4 Å². The van der Waals surface area contributed by atoms with Crippen LogP contribution in [0.25, 0.3) is 0 Å². The van der Waals surface area contributed by atoms with E-state index in [2.05, 4.69) is 4.90 Å². The third-order valence-electron chi connectivity index (χ3n) is 3.43. The molecular formula is C14H15FN2O2. The second-order valence-corrected chi connectivity index (χ2v) is 4.85. The van der Waals surface area contributed by atoms with Crippen LogP contribution in [0.1, 0.15) is 24.0 Å². The number of likely N-dealkylation sites (tertiary alicyclic amines) is 1. The summed E-state index contributed by atoms with van der Waals surface area (Å²) in [6.45, 7) is 1.93. The summed E-state index contributed by atoms with van der Waals surface area (Å²) in [6.07, 6.45) is 1.24. The lowest BCUT2D eigenvalue weighted by atomic mass is 9.96. The van der Waals surface area contributed by atoms with Crippen LogP contribution in [-0.2, 0) is 11.3 Å². The number of hydrogen-bond acceptors (Lipinski definition) is 3. The average molecular weight is 262 g/mol. The molecule has 1 fully saturated rings. The Labute approximate surface area is 111 Å². The number of rotatable bonds is 3. The Kier molecular flexibility index (Phi) is 4.13. The van der Waals surface area contributed by atoms with Gasteiger partial charge in [-0.1, -0.05) is 0 Å². The molecule has 1 heterocycles. The molecule has 1 saturated heterocycles. The molecule has 0 radical (unpaired) electrons. The van der Waals surface area contributed by atoms with Crippen LogP contribution in [0.4, 0.5) is 4.39 Å². The van der Waals surface area contributed by atoms with Gasteiger partial charge in [-0.25, -0.2) is 4.39 Å². The van der Waals surface area contributed by atoms with E-state index in [1.54, 1.807) is 6.07 Å². The second-order valence-electron chi connectivity index (χ2n) is 4.85. The summed E-state index contributed by atoms with van der Waals surface area (Å²) in [7, 11) is 0. The number of carboxylic acid groups (broad SMARTS) is 1. The first-order chi connectivity index (χ1) is 9.08. The van der Waals surface area contributed by atoms with Gasteiger partial charge in [0.05, 0.1) is 17.6 Å². The fourth-order valence-corrected chi connectivity index (χ4v) is 2.40. The smallest absolute Gasteiger partial charge is 0.306 e. The fourth-order valence-electron chi connectivity index (χ4n) is 2.40. The van der Waals surface area contributed by atoms with Crippen LogP contribution in [0.5, 0.6) is 0 Å². The highest BCUT2D eigenvalue weighted by Crippen LogP contribution is 2.20. The van der Waals surface area contributed by atoms with Crippen molar-refractivity contribution in [2.45, 2.75) is 19.4 Å². The second kappa shape index (κ2) is 5.81. The number of hydrogen-bond donors (Lipinski definition) is 1. The van der Waals surface area contributed by atoms with Crippen molar-refractivity contribution in [3.05, 3.63) is 35.1 Å². The van der Waals surface area contributed by atoms with E-state index in [1.807, 2.05) is 6.07 Å². The summed E-state index contributed by atoms with van der Waals surface area (Å²) in [4.78, 5) is 12.9. The summed E-state index contributed by atoms with van der Waals surface area (Å²) >= 11 is 0. The minimum Gasteiger partial charge on any atom is -0.481 e. The summed E-state index contributed by atoms with van der Waals surface area (Å²) in [6, 6.07) is 6.23. The monoisotopic (exact) mass is 262 g/mol. The SMILES string of the molecule is N#Cc1cc(F)cc(CN2CCC(C(=O)O)CC2)c1. The van der Waals surface area contributed by atoms with Gasteiger partial charge >= 0.3 is 5.97 Å². The van der Waals surface area contributed by atoms with Crippen molar-refractivity contribution in [3.8, 4) is 6.07 Å². The number of benzene rings is 1. The zero-order chi connectivity index (χ0) is 13.8. The van der Waals surface area contributed by atoms with Crippen LogP contribution in [0.2, 0.25) is 0 Å². The van der Waals surface area contributed by atoms with Gasteiger partial charge in [0.1, 0.15) is 5.82 Å². The highest BCUT2D eigenvalue weighted by atomic mass is 19.1. The van der Waals surface area contributed by atoms with E-state index >= 15 is 0 Å². The zero-order valence-electron chi connectivity index (χ0n) is 10.5. The minimum absolute atomic E-state index is 0.265.